The van der Waals surface area contributed by atoms with Gasteiger partial charge in [-0.2, -0.15) is 0 Å². The average Bonchev–Trinajstić information content (AvgIpc) is 3.06. The van der Waals surface area contributed by atoms with Crippen LogP contribution in [-0.2, 0) is 17.6 Å². The summed E-state index contributed by atoms with van der Waals surface area (Å²) in [5, 5.41) is 3.50. The molecule has 3 rings (SSSR count). The maximum Gasteiger partial charge on any atom is 0.125 e. The van der Waals surface area contributed by atoms with Gasteiger partial charge in [-0.25, -0.2) is 0 Å². The molecule has 0 amide bonds. The first-order valence-corrected chi connectivity index (χ1v) is 8.24. The smallest absolute Gasteiger partial charge is 0.125 e. The van der Waals surface area contributed by atoms with Crippen molar-refractivity contribution in [1.82, 2.24) is 5.32 Å². The van der Waals surface area contributed by atoms with Crippen molar-refractivity contribution in [2.45, 2.75) is 26.2 Å². The van der Waals surface area contributed by atoms with Crippen LogP contribution >= 0.6 is 15.9 Å². The summed E-state index contributed by atoms with van der Waals surface area (Å²) in [4.78, 5) is 0. The number of fused-ring (bicyclic) bond motifs is 1. The highest BCUT2D eigenvalue weighted by atomic mass is 79.9. The van der Waals surface area contributed by atoms with E-state index in [1.807, 2.05) is 0 Å². The molecule has 4 heteroatoms. The van der Waals surface area contributed by atoms with E-state index in [9.17, 15) is 0 Å². The lowest BCUT2D eigenvalue weighted by atomic mass is 9.80. The first kappa shape index (κ1) is 14.4. The van der Waals surface area contributed by atoms with E-state index in [2.05, 4.69) is 40.3 Å². The Balaban J connectivity index is 1.85. The van der Waals surface area contributed by atoms with E-state index in [-0.39, 0.29) is 5.41 Å². The zero-order valence-corrected chi connectivity index (χ0v) is 13.6. The van der Waals surface area contributed by atoms with Crippen LogP contribution in [0, 0.1) is 5.41 Å². The summed E-state index contributed by atoms with van der Waals surface area (Å²) in [6.07, 6.45) is 3.18. The van der Waals surface area contributed by atoms with Crippen LogP contribution in [0.4, 0.5) is 0 Å². The Hall–Kier alpha value is -0.580. The molecule has 0 saturated carbocycles. The lowest BCUT2D eigenvalue weighted by molar-refractivity contribution is 0.149. The number of nitrogens with one attached hydrogen (secondary N) is 1. The lowest BCUT2D eigenvalue weighted by Crippen LogP contribution is -2.36. The normalized spacial score (nSPS) is 24.7. The lowest BCUT2D eigenvalue weighted by Gasteiger charge is -2.28. The van der Waals surface area contributed by atoms with Gasteiger partial charge in [-0.3, -0.25) is 0 Å². The molecular formula is C16H22BrNO2. The Bertz CT molecular complexity index is 484. The van der Waals surface area contributed by atoms with Crippen LogP contribution < -0.4 is 10.1 Å². The van der Waals surface area contributed by atoms with E-state index in [1.165, 1.54) is 11.1 Å². The van der Waals surface area contributed by atoms with Gasteiger partial charge in [0.15, 0.2) is 0 Å². The maximum absolute atomic E-state index is 5.86. The van der Waals surface area contributed by atoms with E-state index in [4.69, 9.17) is 9.47 Å². The van der Waals surface area contributed by atoms with Crippen molar-refractivity contribution in [3.8, 4) is 5.75 Å². The minimum atomic E-state index is 0.219. The first-order valence-electron chi connectivity index (χ1n) is 7.45. The van der Waals surface area contributed by atoms with E-state index in [0.29, 0.717) is 0 Å². The molecule has 2 heterocycles. The molecule has 2 aliphatic rings. The van der Waals surface area contributed by atoms with Crippen molar-refractivity contribution < 1.29 is 9.47 Å². The molecule has 0 aromatic heterocycles. The summed E-state index contributed by atoms with van der Waals surface area (Å²) < 4.78 is 12.7. The monoisotopic (exact) mass is 339 g/mol. The number of ether oxygens (including phenoxy) is 2. The van der Waals surface area contributed by atoms with E-state index in [0.717, 1.165) is 62.4 Å². The second-order valence-electron chi connectivity index (χ2n) is 5.91. The molecule has 3 nitrogen and oxygen atoms in total. The Morgan fingerprint density at radius 3 is 3.00 bits per heavy atom. The quantitative estimate of drug-likeness (QED) is 0.894. The van der Waals surface area contributed by atoms with Gasteiger partial charge in [0.25, 0.3) is 0 Å². The third kappa shape index (κ3) is 2.87. The molecule has 1 atom stereocenters. The van der Waals surface area contributed by atoms with Crippen LogP contribution in [0.1, 0.15) is 24.5 Å². The number of hydrogen-bond donors (Lipinski definition) is 1. The van der Waals surface area contributed by atoms with Crippen LogP contribution in [0.5, 0.6) is 5.75 Å². The molecule has 0 spiro atoms. The van der Waals surface area contributed by atoms with Crippen molar-refractivity contribution in [2.24, 2.45) is 5.41 Å². The zero-order valence-electron chi connectivity index (χ0n) is 12.0. The largest absolute Gasteiger partial charge is 0.493 e. The fraction of sp³-hybridized carbons (Fsp3) is 0.625. The van der Waals surface area contributed by atoms with Crippen molar-refractivity contribution in [1.29, 1.82) is 0 Å². The topological polar surface area (TPSA) is 30.5 Å². The summed E-state index contributed by atoms with van der Waals surface area (Å²) in [5.74, 6) is 1.12. The van der Waals surface area contributed by atoms with Crippen LogP contribution in [0.15, 0.2) is 16.6 Å². The molecule has 1 aromatic rings. The predicted octanol–water partition coefficient (Wildman–Crippen LogP) is 2.94. The van der Waals surface area contributed by atoms with Crippen molar-refractivity contribution in [3.05, 3.63) is 27.7 Å². The second kappa shape index (κ2) is 6.04. The first-order chi connectivity index (χ1) is 9.72. The fourth-order valence-electron chi connectivity index (χ4n) is 3.26. The Labute approximate surface area is 129 Å². The highest BCUT2D eigenvalue weighted by Crippen LogP contribution is 2.39. The minimum Gasteiger partial charge on any atom is -0.493 e. The summed E-state index contributed by atoms with van der Waals surface area (Å²) >= 11 is 3.63. The molecule has 2 aliphatic heterocycles. The molecule has 1 saturated heterocycles. The predicted molar refractivity (Wildman–Crippen MR) is 83.5 cm³/mol. The van der Waals surface area contributed by atoms with Crippen LogP contribution in [0.2, 0.25) is 0 Å². The van der Waals surface area contributed by atoms with Crippen molar-refractivity contribution in [2.75, 3.05) is 32.9 Å². The van der Waals surface area contributed by atoms with Gasteiger partial charge in [-0.05, 0) is 42.6 Å². The molecule has 110 valence electrons. The van der Waals surface area contributed by atoms with Gasteiger partial charge < -0.3 is 14.8 Å². The summed E-state index contributed by atoms with van der Waals surface area (Å²) in [6.45, 7) is 6.72. The minimum absolute atomic E-state index is 0.219. The molecule has 1 fully saturated rings. The van der Waals surface area contributed by atoms with Crippen molar-refractivity contribution >= 4 is 15.9 Å². The van der Waals surface area contributed by atoms with Gasteiger partial charge in [0.2, 0.25) is 0 Å². The summed E-state index contributed by atoms with van der Waals surface area (Å²) in [6, 6.07) is 4.41. The molecule has 1 aromatic carbocycles. The standard InChI is InChI=1S/C16H22BrNO2/c1-2-18-10-16(4-6-19-11-16)9-13-8-14(17)7-12-3-5-20-15(12)13/h7-8,18H,2-6,9-11H2,1H3. The van der Waals surface area contributed by atoms with Crippen LogP contribution in [-0.4, -0.2) is 32.9 Å². The maximum atomic E-state index is 5.86. The summed E-state index contributed by atoms with van der Waals surface area (Å²) in [7, 11) is 0. The molecule has 20 heavy (non-hydrogen) atoms. The highest BCUT2D eigenvalue weighted by Gasteiger charge is 2.36. The van der Waals surface area contributed by atoms with Crippen LogP contribution in [0.25, 0.3) is 0 Å². The van der Waals surface area contributed by atoms with Crippen molar-refractivity contribution in [3.63, 3.8) is 0 Å². The van der Waals surface area contributed by atoms with Gasteiger partial charge in [0, 0.05) is 29.5 Å². The molecule has 1 N–H and O–H groups in total. The Kier molecular flexibility index (Phi) is 4.34. The van der Waals surface area contributed by atoms with Gasteiger partial charge >= 0.3 is 0 Å². The van der Waals surface area contributed by atoms with Gasteiger partial charge in [0.05, 0.1) is 13.2 Å². The van der Waals surface area contributed by atoms with Gasteiger partial charge in [-0.1, -0.05) is 22.9 Å². The Morgan fingerprint density at radius 2 is 2.25 bits per heavy atom. The fourth-order valence-corrected chi connectivity index (χ4v) is 3.82. The Morgan fingerprint density at radius 1 is 1.35 bits per heavy atom. The van der Waals surface area contributed by atoms with E-state index >= 15 is 0 Å². The molecule has 0 bridgehead atoms. The number of benzene rings is 1. The molecular weight excluding hydrogens is 318 g/mol. The molecule has 0 radical (unpaired) electrons. The average molecular weight is 340 g/mol. The SMILES string of the molecule is CCNCC1(Cc2cc(Br)cc3c2OCC3)CCOC1. The van der Waals surface area contributed by atoms with Gasteiger partial charge in [-0.15, -0.1) is 0 Å². The number of hydrogen-bond acceptors (Lipinski definition) is 3. The highest BCUT2D eigenvalue weighted by molar-refractivity contribution is 9.10. The third-order valence-corrected chi connectivity index (χ3v) is 4.78. The summed E-state index contributed by atoms with van der Waals surface area (Å²) in [5.41, 5.74) is 2.89. The van der Waals surface area contributed by atoms with Gasteiger partial charge in [0.1, 0.15) is 5.75 Å². The van der Waals surface area contributed by atoms with E-state index < -0.39 is 0 Å². The third-order valence-electron chi connectivity index (χ3n) is 4.33. The zero-order chi connectivity index (χ0) is 14.0. The molecule has 0 aliphatic carbocycles. The van der Waals surface area contributed by atoms with E-state index in [1.54, 1.807) is 0 Å². The molecule has 1 unspecified atom stereocenters. The van der Waals surface area contributed by atoms with Crippen LogP contribution in [0.3, 0.4) is 0 Å². The second-order valence-corrected chi connectivity index (χ2v) is 6.83. The number of halogens is 1. The number of rotatable bonds is 5.